The van der Waals surface area contributed by atoms with Gasteiger partial charge in [-0.3, -0.25) is 0 Å². The predicted octanol–water partition coefficient (Wildman–Crippen LogP) is 3.46. The number of aromatic nitrogens is 2. The number of phenolic OH excluding ortho intramolecular Hbond substituents is 1. The van der Waals surface area contributed by atoms with Crippen molar-refractivity contribution in [3.8, 4) is 17.1 Å². The van der Waals surface area contributed by atoms with E-state index in [0.29, 0.717) is 11.4 Å². The summed E-state index contributed by atoms with van der Waals surface area (Å²) in [5, 5.41) is 9.70. The Kier molecular flexibility index (Phi) is 3.33. The number of aromatic hydroxyl groups is 1. The van der Waals surface area contributed by atoms with Crippen LogP contribution in [-0.2, 0) is 6.54 Å². The number of phenols is 1. The van der Waals surface area contributed by atoms with Crippen LogP contribution >= 0.6 is 11.6 Å². The summed E-state index contributed by atoms with van der Waals surface area (Å²) in [7, 11) is 0. The molecule has 1 aromatic heterocycles. The Morgan fingerprint density at radius 3 is 2.94 bits per heavy atom. The highest BCUT2D eigenvalue weighted by atomic mass is 35.5. The van der Waals surface area contributed by atoms with E-state index in [9.17, 15) is 9.50 Å². The van der Waals surface area contributed by atoms with Gasteiger partial charge in [-0.25, -0.2) is 9.37 Å². The van der Waals surface area contributed by atoms with Gasteiger partial charge in [0.05, 0.1) is 10.6 Å². The second kappa shape index (κ2) is 4.75. The number of aryl methyl sites for hydroxylation is 1. The van der Waals surface area contributed by atoms with Crippen molar-refractivity contribution < 1.29 is 9.50 Å². The van der Waals surface area contributed by atoms with Gasteiger partial charge in [-0.1, -0.05) is 18.5 Å². The van der Waals surface area contributed by atoms with Crippen molar-refractivity contribution in [2.45, 2.75) is 19.9 Å². The molecule has 3 nitrogen and oxygen atoms in total. The molecule has 0 atom stereocenters. The molecule has 0 unspecified atom stereocenters. The number of benzene rings is 1. The van der Waals surface area contributed by atoms with Crippen molar-refractivity contribution in [2.75, 3.05) is 0 Å². The van der Waals surface area contributed by atoms with Gasteiger partial charge < -0.3 is 9.67 Å². The molecular formula is C12H12ClFN2O. The third kappa shape index (κ3) is 2.26. The molecule has 0 saturated heterocycles. The molecule has 0 saturated carbocycles. The lowest BCUT2D eigenvalue weighted by molar-refractivity contribution is 0.470. The molecule has 17 heavy (non-hydrogen) atoms. The fraction of sp³-hybridized carbons (Fsp3) is 0.250. The van der Waals surface area contributed by atoms with E-state index < -0.39 is 5.82 Å². The molecule has 0 bridgehead atoms. The zero-order valence-electron chi connectivity index (χ0n) is 9.32. The van der Waals surface area contributed by atoms with Gasteiger partial charge in [0.2, 0.25) is 0 Å². The standard InChI is InChI=1S/C12H12ClFN2O/c1-2-4-16-5-3-15-12(16)8-6-9(13)10(14)7-11(8)17/h3,5-7,17H,2,4H2,1H3. The molecule has 0 aliphatic carbocycles. The lowest BCUT2D eigenvalue weighted by Crippen LogP contribution is -1.98. The van der Waals surface area contributed by atoms with Gasteiger partial charge in [0.25, 0.3) is 0 Å². The second-order valence-electron chi connectivity index (χ2n) is 3.73. The van der Waals surface area contributed by atoms with E-state index in [1.54, 1.807) is 6.20 Å². The van der Waals surface area contributed by atoms with E-state index in [1.807, 2.05) is 17.7 Å². The van der Waals surface area contributed by atoms with Crippen LogP contribution in [0.2, 0.25) is 5.02 Å². The number of imidazole rings is 1. The lowest BCUT2D eigenvalue weighted by atomic mass is 10.2. The maximum absolute atomic E-state index is 13.1. The largest absolute Gasteiger partial charge is 0.507 e. The van der Waals surface area contributed by atoms with Crippen molar-refractivity contribution in [1.29, 1.82) is 0 Å². The first-order chi connectivity index (χ1) is 8.13. The summed E-state index contributed by atoms with van der Waals surface area (Å²) < 4.78 is 15.0. The first-order valence-corrected chi connectivity index (χ1v) is 5.70. The molecule has 0 amide bonds. The van der Waals surface area contributed by atoms with Crippen LogP contribution < -0.4 is 0 Å². The molecule has 90 valence electrons. The second-order valence-corrected chi connectivity index (χ2v) is 4.13. The van der Waals surface area contributed by atoms with Crippen LogP contribution in [0.5, 0.6) is 5.75 Å². The van der Waals surface area contributed by atoms with Crippen LogP contribution in [-0.4, -0.2) is 14.7 Å². The van der Waals surface area contributed by atoms with Crippen molar-refractivity contribution in [1.82, 2.24) is 9.55 Å². The maximum atomic E-state index is 13.1. The molecule has 0 fully saturated rings. The summed E-state index contributed by atoms with van der Waals surface area (Å²) >= 11 is 5.71. The van der Waals surface area contributed by atoms with Gasteiger partial charge >= 0.3 is 0 Å². The Hall–Kier alpha value is -1.55. The third-order valence-electron chi connectivity index (χ3n) is 2.46. The van der Waals surface area contributed by atoms with Crippen LogP contribution in [0.4, 0.5) is 4.39 Å². The van der Waals surface area contributed by atoms with E-state index >= 15 is 0 Å². The van der Waals surface area contributed by atoms with Gasteiger partial charge in [-0.15, -0.1) is 0 Å². The zero-order chi connectivity index (χ0) is 12.4. The van der Waals surface area contributed by atoms with E-state index in [4.69, 9.17) is 11.6 Å². The van der Waals surface area contributed by atoms with Crippen LogP contribution in [0.15, 0.2) is 24.5 Å². The summed E-state index contributed by atoms with van der Waals surface area (Å²) in [5.74, 6) is -0.205. The van der Waals surface area contributed by atoms with Crippen molar-refractivity contribution >= 4 is 11.6 Å². The van der Waals surface area contributed by atoms with Gasteiger partial charge in [-0.2, -0.15) is 0 Å². The topological polar surface area (TPSA) is 38.0 Å². The predicted molar refractivity (Wildman–Crippen MR) is 64.6 cm³/mol. The van der Waals surface area contributed by atoms with Gasteiger partial charge in [-0.05, 0) is 12.5 Å². The summed E-state index contributed by atoms with van der Waals surface area (Å²) in [6.07, 6.45) is 4.40. The Morgan fingerprint density at radius 1 is 1.47 bits per heavy atom. The van der Waals surface area contributed by atoms with Crippen molar-refractivity contribution in [3.05, 3.63) is 35.4 Å². The average Bonchev–Trinajstić information content (AvgIpc) is 2.72. The number of halogens is 2. The fourth-order valence-electron chi connectivity index (χ4n) is 1.69. The highest BCUT2D eigenvalue weighted by molar-refractivity contribution is 6.31. The molecule has 0 aliphatic rings. The Balaban J connectivity index is 2.52. The molecule has 2 aromatic rings. The zero-order valence-corrected chi connectivity index (χ0v) is 10.1. The summed E-state index contributed by atoms with van der Waals surface area (Å²) in [6.45, 7) is 2.82. The summed E-state index contributed by atoms with van der Waals surface area (Å²) in [4.78, 5) is 4.16. The molecular weight excluding hydrogens is 243 g/mol. The Bertz CT molecular complexity index is 539. The number of nitrogens with zero attached hydrogens (tertiary/aromatic N) is 2. The quantitative estimate of drug-likeness (QED) is 0.911. The minimum absolute atomic E-state index is 0.0242. The fourth-order valence-corrected chi connectivity index (χ4v) is 1.85. The number of hydrogen-bond acceptors (Lipinski definition) is 2. The minimum atomic E-state index is -0.637. The SMILES string of the molecule is CCCn1ccnc1-c1cc(Cl)c(F)cc1O. The van der Waals surface area contributed by atoms with Crippen LogP contribution in [0.1, 0.15) is 13.3 Å². The van der Waals surface area contributed by atoms with E-state index in [0.717, 1.165) is 19.0 Å². The lowest BCUT2D eigenvalue weighted by Gasteiger charge is -2.08. The maximum Gasteiger partial charge on any atom is 0.145 e. The molecule has 1 aromatic carbocycles. The van der Waals surface area contributed by atoms with Crippen LogP contribution in [0, 0.1) is 5.82 Å². The highest BCUT2D eigenvalue weighted by Gasteiger charge is 2.13. The number of rotatable bonds is 3. The van der Waals surface area contributed by atoms with E-state index in [-0.39, 0.29) is 10.8 Å². The minimum Gasteiger partial charge on any atom is -0.507 e. The average molecular weight is 255 g/mol. The molecule has 0 aliphatic heterocycles. The summed E-state index contributed by atoms with van der Waals surface area (Å²) in [6, 6.07) is 2.39. The van der Waals surface area contributed by atoms with Crippen LogP contribution in [0.3, 0.4) is 0 Å². The molecule has 0 spiro atoms. The van der Waals surface area contributed by atoms with Crippen molar-refractivity contribution in [3.63, 3.8) is 0 Å². The Labute approximate surface area is 103 Å². The molecule has 1 N–H and O–H groups in total. The Morgan fingerprint density at radius 2 is 2.24 bits per heavy atom. The third-order valence-corrected chi connectivity index (χ3v) is 2.75. The normalized spacial score (nSPS) is 10.8. The number of hydrogen-bond donors (Lipinski definition) is 1. The van der Waals surface area contributed by atoms with Gasteiger partial charge in [0, 0.05) is 25.0 Å². The first-order valence-electron chi connectivity index (χ1n) is 5.33. The van der Waals surface area contributed by atoms with Gasteiger partial charge in [0.15, 0.2) is 0 Å². The first kappa shape index (κ1) is 11.9. The van der Waals surface area contributed by atoms with Crippen LogP contribution in [0.25, 0.3) is 11.4 Å². The molecule has 0 radical (unpaired) electrons. The van der Waals surface area contributed by atoms with Crippen molar-refractivity contribution in [2.24, 2.45) is 0 Å². The molecule has 2 rings (SSSR count). The van der Waals surface area contributed by atoms with Gasteiger partial charge in [0.1, 0.15) is 17.4 Å². The summed E-state index contributed by atoms with van der Waals surface area (Å²) in [5.41, 5.74) is 0.440. The monoisotopic (exact) mass is 254 g/mol. The molecule has 1 heterocycles. The van der Waals surface area contributed by atoms with E-state index in [1.165, 1.54) is 6.07 Å². The smallest absolute Gasteiger partial charge is 0.145 e. The highest BCUT2D eigenvalue weighted by Crippen LogP contribution is 2.32. The van der Waals surface area contributed by atoms with E-state index in [2.05, 4.69) is 4.98 Å². The molecule has 5 heteroatoms.